The van der Waals surface area contributed by atoms with Crippen LogP contribution in [0, 0.1) is 0 Å². The highest BCUT2D eigenvalue weighted by atomic mass is 35.5. The van der Waals surface area contributed by atoms with Gasteiger partial charge in [0.2, 0.25) is 5.95 Å². The zero-order valence-electron chi connectivity index (χ0n) is 17.7. The molecule has 0 saturated carbocycles. The van der Waals surface area contributed by atoms with Gasteiger partial charge in [-0.1, -0.05) is 48.0 Å². The monoisotopic (exact) mass is 490 g/mol. The third-order valence-electron chi connectivity index (χ3n) is 4.68. The zero-order valence-corrected chi connectivity index (χ0v) is 19.3. The lowest BCUT2D eigenvalue weighted by molar-refractivity contribution is 0.102. The Hall–Kier alpha value is -4.01. The standard InChI is InChI=1S/C25H19ClN4O3S/c26-20-9-6-18(7-10-20)8-11-22-16-17-27-25(29-22)30-34(32,33)23-14-12-21(13-15-23)28-24(31)19-4-2-1-3-5-19/h1-17H,(H,28,31)(H,27,29,30)/b11-8-. The van der Waals surface area contributed by atoms with Crippen LogP contribution in [0.2, 0.25) is 5.02 Å². The van der Waals surface area contributed by atoms with Crippen LogP contribution in [0.1, 0.15) is 21.6 Å². The molecule has 2 N–H and O–H groups in total. The van der Waals surface area contributed by atoms with Gasteiger partial charge in [0.1, 0.15) is 0 Å². The Morgan fingerprint density at radius 1 is 0.853 bits per heavy atom. The summed E-state index contributed by atoms with van der Waals surface area (Å²) in [4.78, 5) is 20.5. The molecule has 1 amide bonds. The maximum atomic E-state index is 12.8. The summed E-state index contributed by atoms with van der Waals surface area (Å²) < 4.78 is 27.9. The van der Waals surface area contributed by atoms with E-state index in [0.29, 0.717) is 22.0 Å². The molecule has 0 atom stereocenters. The van der Waals surface area contributed by atoms with Crippen LogP contribution in [0.3, 0.4) is 0 Å². The molecule has 0 fully saturated rings. The Morgan fingerprint density at radius 2 is 1.56 bits per heavy atom. The number of aromatic nitrogens is 2. The zero-order chi connectivity index (χ0) is 24.0. The number of amides is 1. The summed E-state index contributed by atoms with van der Waals surface area (Å²) in [5.74, 6) is -0.342. The van der Waals surface area contributed by atoms with E-state index in [-0.39, 0.29) is 16.8 Å². The minimum atomic E-state index is -3.93. The third kappa shape index (κ3) is 6.06. The number of hydrogen-bond acceptors (Lipinski definition) is 5. The number of hydrogen-bond donors (Lipinski definition) is 2. The first kappa shape index (κ1) is 23.2. The highest BCUT2D eigenvalue weighted by Gasteiger charge is 2.16. The molecule has 4 rings (SSSR count). The number of nitrogens with zero attached hydrogens (tertiary/aromatic N) is 2. The lowest BCUT2D eigenvalue weighted by Gasteiger charge is -2.09. The van der Waals surface area contributed by atoms with E-state index in [4.69, 9.17) is 11.6 Å². The van der Waals surface area contributed by atoms with Crippen LogP contribution in [-0.2, 0) is 10.0 Å². The van der Waals surface area contributed by atoms with E-state index in [1.807, 2.05) is 24.3 Å². The van der Waals surface area contributed by atoms with Crippen LogP contribution < -0.4 is 10.0 Å². The number of benzene rings is 3. The molecule has 1 aromatic heterocycles. The quantitative estimate of drug-likeness (QED) is 0.363. The van der Waals surface area contributed by atoms with Crippen LogP contribution in [0.15, 0.2) is 96.0 Å². The minimum Gasteiger partial charge on any atom is -0.322 e. The molecule has 34 heavy (non-hydrogen) atoms. The van der Waals surface area contributed by atoms with Crippen LogP contribution in [0.5, 0.6) is 0 Å². The maximum absolute atomic E-state index is 12.8. The number of halogens is 1. The van der Waals surface area contributed by atoms with Gasteiger partial charge < -0.3 is 5.32 Å². The first-order valence-electron chi connectivity index (χ1n) is 10.1. The molecule has 1 heterocycles. The van der Waals surface area contributed by atoms with Gasteiger partial charge in [0.15, 0.2) is 0 Å². The van der Waals surface area contributed by atoms with Crippen LogP contribution in [-0.4, -0.2) is 24.3 Å². The van der Waals surface area contributed by atoms with E-state index >= 15 is 0 Å². The molecule has 3 aromatic carbocycles. The van der Waals surface area contributed by atoms with Gasteiger partial charge in [-0.15, -0.1) is 0 Å². The van der Waals surface area contributed by atoms with Crippen molar-refractivity contribution in [3.05, 3.63) is 113 Å². The van der Waals surface area contributed by atoms with Gasteiger partial charge in [0.05, 0.1) is 10.6 Å². The fourth-order valence-electron chi connectivity index (χ4n) is 2.96. The molecule has 0 radical (unpaired) electrons. The summed E-state index contributed by atoms with van der Waals surface area (Å²) in [6, 6.07) is 23.5. The Labute approximate surface area is 202 Å². The van der Waals surface area contributed by atoms with E-state index in [0.717, 1.165) is 5.56 Å². The summed E-state index contributed by atoms with van der Waals surface area (Å²) >= 11 is 5.89. The van der Waals surface area contributed by atoms with Gasteiger partial charge in [-0.25, -0.2) is 23.1 Å². The molecule has 7 nitrogen and oxygen atoms in total. The van der Waals surface area contributed by atoms with E-state index in [9.17, 15) is 13.2 Å². The van der Waals surface area contributed by atoms with Crippen molar-refractivity contribution in [3.8, 4) is 0 Å². The van der Waals surface area contributed by atoms with Crippen molar-refractivity contribution < 1.29 is 13.2 Å². The maximum Gasteiger partial charge on any atom is 0.264 e. The predicted octanol–water partition coefficient (Wildman–Crippen LogP) is 5.35. The van der Waals surface area contributed by atoms with Crippen LogP contribution in [0.25, 0.3) is 12.2 Å². The molecular weight excluding hydrogens is 472 g/mol. The summed E-state index contributed by atoms with van der Waals surface area (Å²) in [5.41, 5.74) is 2.42. The second-order valence-corrected chi connectivity index (χ2v) is 9.26. The van der Waals surface area contributed by atoms with Crippen LogP contribution in [0.4, 0.5) is 11.6 Å². The number of carbonyl (C=O) groups is 1. The van der Waals surface area contributed by atoms with Gasteiger partial charge in [-0.2, -0.15) is 0 Å². The van der Waals surface area contributed by atoms with Crippen molar-refractivity contribution in [1.82, 2.24) is 9.97 Å². The highest BCUT2D eigenvalue weighted by molar-refractivity contribution is 7.92. The fraction of sp³-hybridized carbons (Fsp3) is 0. The van der Waals surface area contributed by atoms with Gasteiger partial charge in [-0.3, -0.25) is 4.79 Å². The number of nitrogens with one attached hydrogen (secondary N) is 2. The lowest BCUT2D eigenvalue weighted by Crippen LogP contribution is -2.15. The molecule has 4 aromatic rings. The largest absolute Gasteiger partial charge is 0.322 e. The van der Waals surface area contributed by atoms with E-state index < -0.39 is 10.0 Å². The molecule has 170 valence electrons. The van der Waals surface area contributed by atoms with Crippen LogP contribution >= 0.6 is 11.6 Å². The highest BCUT2D eigenvalue weighted by Crippen LogP contribution is 2.18. The van der Waals surface area contributed by atoms with Crippen molar-refractivity contribution >= 4 is 51.3 Å². The smallest absolute Gasteiger partial charge is 0.264 e. The van der Waals surface area contributed by atoms with Gasteiger partial charge in [-0.05, 0) is 66.2 Å². The van der Waals surface area contributed by atoms with Crippen molar-refractivity contribution in [3.63, 3.8) is 0 Å². The Bertz CT molecular complexity index is 1420. The Kier molecular flexibility index (Phi) is 7.01. The molecular formula is C25H19ClN4O3S. The van der Waals surface area contributed by atoms with Crippen molar-refractivity contribution in [1.29, 1.82) is 0 Å². The average Bonchev–Trinajstić information content (AvgIpc) is 2.84. The van der Waals surface area contributed by atoms with E-state index in [1.165, 1.54) is 30.5 Å². The van der Waals surface area contributed by atoms with Gasteiger partial charge in [0, 0.05) is 22.5 Å². The third-order valence-corrected chi connectivity index (χ3v) is 6.27. The summed E-state index contributed by atoms with van der Waals surface area (Å²) in [7, 11) is -3.93. The van der Waals surface area contributed by atoms with Crippen molar-refractivity contribution in [2.75, 3.05) is 10.0 Å². The fourth-order valence-corrected chi connectivity index (χ4v) is 4.04. The number of rotatable bonds is 7. The average molecular weight is 491 g/mol. The number of anilines is 2. The first-order chi connectivity index (χ1) is 16.4. The Balaban J connectivity index is 1.44. The Morgan fingerprint density at radius 3 is 2.26 bits per heavy atom. The normalized spacial score (nSPS) is 11.3. The predicted molar refractivity (Wildman–Crippen MR) is 134 cm³/mol. The molecule has 0 saturated heterocycles. The van der Waals surface area contributed by atoms with E-state index in [1.54, 1.807) is 48.5 Å². The molecule has 0 unspecified atom stereocenters. The molecule has 9 heteroatoms. The molecule has 0 aliphatic heterocycles. The summed E-state index contributed by atoms with van der Waals surface area (Å²) in [6.45, 7) is 0. The second kappa shape index (κ2) is 10.3. The molecule has 0 aliphatic carbocycles. The first-order valence-corrected chi connectivity index (χ1v) is 12.0. The molecule has 0 spiro atoms. The van der Waals surface area contributed by atoms with E-state index in [2.05, 4.69) is 20.0 Å². The van der Waals surface area contributed by atoms with Gasteiger partial charge in [0.25, 0.3) is 15.9 Å². The summed E-state index contributed by atoms with van der Waals surface area (Å²) in [5, 5.41) is 3.37. The van der Waals surface area contributed by atoms with Crippen molar-refractivity contribution in [2.45, 2.75) is 4.90 Å². The molecule has 0 bridgehead atoms. The lowest BCUT2D eigenvalue weighted by atomic mass is 10.2. The summed E-state index contributed by atoms with van der Waals surface area (Å²) in [6.07, 6.45) is 5.04. The SMILES string of the molecule is O=C(Nc1ccc(S(=O)(=O)Nc2nccc(/C=C\c3ccc(Cl)cc3)n2)cc1)c1ccccc1. The topological polar surface area (TPSA) is 101 Å². The number of sulfonamides is 1. The van der Waals surface area contributed by atoms with Crippen molar-refractivity contribution in [2.24, 2.45) is 0 Å². The molecule has 0 aliphatic rings. The number of carbonyl (C=O) groups excluding carboxylic acids is 1. The minimum absolute atomic E-state index is 0.0101. The van der Waals surface area contributed by atoms with Gasteiger partial charge >= 0.3 is 0 Å². The second-order valence-electron chi connectivity index (χ2n) is 7.14.